The van der Waals surface area contributed by atoms with Gasteiger partial charge in [0.1, 0.15) is 5.75 Å². The Bertz CT molecular complexity index is 1160. The number of hydrogen-bond donors (Lipinski definition) is 1. The van der Waals surface area contributed by atoms with Crippen molar-refractivity contribution in [2.45, 2.75) is 41.7 Å². The van der Waals surface area contributed by atoms with E-state index in [-0.39, 0.29) is 22.7 Å². The third-order valence-electron chi connectivity index (χ3n) is 4.58. The van der Waals surface area contributed by atoms with Gasteiger partial charge in [0.05, 0.1) is 17.3 Å². The molecule has 0 aliphatic rings. The van der Waals surface area contributed by atoms with E-state index in [4.69, 9.17) is 9.15 Å². The van der Waals surface area contributed by atoms with Gasteiger partial charge in [-0.3, -0.25) is 10.1 Å². The van der Waals surface area contributed by atoms with Crippen LogP contribution in [0, 0.1) is 0 Å². The number of rotatable bonds is 10. The van der Waals surface area contributed by atoms with Gasteiger partial charge in [0.15, 0.2) is 9.84 Å². The summed E-state index contributed by atoms with van der Waals surface area (Å²) in [6.45, 7) is 3.25. The lowest BCUT2D eigenvalue weighted by Gasteiger charge is -2.08. The number of carbonyl (C=O) groups is 1. The van der Waals surface area contributed by atoms with E-state index in [1.54, 1.807) is 44.9 Å². The van der Waals surface area contributed by atoms with Gasteiger partial charge in [-0.05, 0) is 68.5 Å². The van der Waals surface area contributed by atoms with Gasteiger partial charge in [0.25, 0.3) is 0 Å². The van der Waals surface area contributed by atoms with Crippen LogP contribution >= 0.6 is 11.8 Å². The van der Waals surface area contributed by atoms with E-state index >= 15 is 0 Å². The Labute approximate surface area is 191 Å². The van der Waals surface area contributed by atoms with Gasteiger partial charge in [-0.25, -0.2) is 8.42 Å². The number of thioether (sulfide) groups is 1. The lowest BCUT2D eigenvalue weighted by Crippen LogP contribution is -2.13. The van der Waals surface area contributed by atoms with Gasteiger partial charge in [-0.1, -0.05) is 11.2 Å². The molecule has 2 aromatic carbocycles. The Balaban J connectivity index is 1.52. The average molecular weight is 476 g/mol. The number of amides is 1. The molecule has 0 fully saturated rings. The van der Waals surface area contributed by atoms with E-state index in [2.05, 4.69) is 15.5 Å². The summed E-state index contributed by atoms with van der Waals surface area (Å²) in [6, 6.07) is 14.0. The predicted octanol–water partition coefficient (Wildman–Crippen LogP) is 4.44. The quantitative estimate of drug-likeness (QED) is 0.338. The van der Waals surface area contributed by atoms with E-state index in [1.165, 1.54) is 12.1 Å². The zero-order valence-electron chi connectivity index (χ0n) is 18.1. The molecule has 0 aliphatic heterocycles. The number of carbonyl (C=O) groups excluding carboxylic acids is 1. The first-order valence-electron chi connectivity index (χ1n) is 10.0. The standard InChI is InChI=1S/C22H25N3O5S2/c1-15(2)32(27,28)19-7-4-6-16(14-19)21-24-25-22(30-21)23-20(26)8-5-13-31-18-11-9-17(29-3)10-12-18/h4,6-7,9-12,14-15H,5,8,13H2,1-3H3,(H,23,25,26). The van der Waals surface area contributed by atoms with Crippen LogP contribution in [-0.2, 0) is 14.6 Å². The van der Waals surface area contributed by atoms with Gasteiger partial charge >= 0.3 is 6.01 Å². The van der Waals surface area contributed by atoms with Crippen LogP contribution in [0.1, 0.15) is 26.7 Å². The Hall–Kier alpha value is -2.85. The SMILES string of the molecule is COc1ccc(SCCCC(=O)Nc2nnc(-c3cccc(S(=O)(=O)C(C)C)c3)o2)cc1. The highest BCUT2D eigenvalue weighted by molar-refractivity contribution is 7.99. The lowest BCUT2D eigenvalue weighted by molar-refractivity contribution is -0.116. The predicted molar refractivity (Wildman–Crippen MR) is 124 cm³/mol. The Morgan fingerprint density at radius 3 is 2.59 bits per heavy atom. The molecule has 1 N–H and O–H groups in total. The second kappa shape index (κ2) is 10.6. The Morgan fingerprint density at radius 2 is 1.91 bits per heavy atom. The summed E-state index contributed by atoms with van der Waals surface area (Å²) in [5.74, 6) is 1.50. The minimum atomic E-state index is -3.42. The topological polar surface area (TPSA) is 111 Å². The van der Waals surface area contributed by atoms with Gasteiger partial charge in [0, 0.05) is 16.9 Å². The van der Waals surface area contributed by atoms with Gasteiger partial charge in [0.2, 0.25) is 11.8 Å². The highest BCUT2D eigenvalue weighted by Gasteiger charge is 2.20. The van der Waals surface area contributed by atoms with Crippen molar-refractivity contribution in [2.75, 3.05) is 18.2 Å². The van der Waals surface area contributed by atoms with Crippen LogP contribution in [0.3, 0.4) is 0 Å². The average Bonchev–Trinajstić information content (AvgIpc) is 3.25. The molecule has 0 atom stereocenters. The molecule has 32 heavy (non-hydrogen) atoms. The third kappa shape index (κ3) is 6.10. The fraction of sp³-hybridized carbons (Fsp3) is 0.318. The molecule has 0 saturated carbocycles. The van der Waals surface area contributed by atoms with Crippen LogP contribution in [0.5, 0.6) is 5.75 Å². The lowest BCUT2D eigenvalue weighted by atomic mass is 10.2. The second-order valence-corrected chi connectivity index (χ2v) is 10.9. The molecule has 0 spiro atoms. The summed E-state index contributed by atoms with van der Waals surface area (Å²) in [4.78, 5) is 13.5. The normalized spacial score (nSPS) is 11.5. The first-order valence-corrected chi connectivity index (χ1v) is 12.6. The minimum Gasteiger partial charge on any atom is -0.497 e. The molecule has 1 aromatic heterocycles. The molecular weight excluding hydrogens is 450 g/mol. The number of nitrogens with one attached hydrogen (secondary N) is 1. The Morgan fingerprint density at radius 1 is 1.16 bits per heavy atom. The first kappa shape index (κ1) is 23.8. The van der Waals surface area contributed by atoms with E-state index in [0.717, 1.165) is 16.4 Å². The Kier molecular flexibility index (Phi) is 7.92. The summed E-state index contributed by atoms with van der Waals surface area (Å²) >= 11 is 1.66. The summed E-state index contributed by atoms with van der Waals surface area (Å²) in [7, 11) is -1.80. The van der Waals surface area contributed by atoms with Crippen molar-refractivity contribution in [3.05, 3.63) is 48.5 Å². The van der Waals surface area contributed by atoms with Gasteiger partial charge in [-0.2, -0.15) is 0 Å². The van der Waals surface area contributed by atoms with Crippen LogP contribution in [0.4, 0.5) is 6.01 Å². The van der Waals surface area contributed by atoms with E-state index in [0.29, 0.717) is 18.4 Å². The van der Waals surface area contributed by atoms with Crippen LogP contribution < -0.4 is 10.1 Å². The maximum Gasteiger partial charge on any atom is 0.322 e. The molecule has 0 unspecified atom stereocenters. The maximum absolute atomic E-state index is 12.4. The number of benzene rings is 2. The zero-order valence-corrected chi connectivity index (χ0v) is 19.7. The largest absolute Gasteiger partial charge is 0.497 e. The molecule has 10 heteroatoms. The van der Waals surface area contributed by atoms with Crippen molar-refractivity contribution in [1.29, 1.82) is 0 Å². The number of ether oxygens (including phenoxy) is 1. The van der Waals surface area contributed by atoms with Crippen LogP contribution in [0.2, 0.25) is 0 Å². The van der Waals surface area contributed by atoms with Crippen molar-refractivity contribution in [1.82, 2.24) is 10.2 Å². The fourth-order valence-corrected chi connectivity index (χ4v) is 4.70. The van der Waals surface area contributed by atoms with Gasteiger partial charge < -0.3 is 9.15 Å². The summed E-state index contributed by atoms with van der Waals surface area (Å²) < 4.78 is 35.4. The number of aromatic nitrogens is 2. The highest BCUT2D eigenvalue weighted by Crippen LogP contribution is 2.25. The van der Waals surface area contributed by atoms with Gasteiger partial charge in [-0.15, -0.1) is 16.9 Å². The molecule has 170 valence electrons. The van der Waals surface area contributed by atoms with Crippen LogP contribution in [-0.4, -0.2) is 42.6 Å². The number of hydrogen-bond acceptors (Lipinski definition) is 8. The number of anilines is 1. The van der Waals surface area contributed by atoms with Crippen molar-refractivity contribution in [3.63, 3.8) is 0 Å². The second-order valence-electron chi connectivity index (χ2n) is 7.21. The van der Waals surface area contributed by atoms with Crippen LogP contribution in [0.15, 0.2) is 62.7 Å². The van der Waals surface area contributed by atoms with Crippen molar-refractivity contribution < 1.29 is 22.4 Å². The van der Waals surface area contributed by atoms with Crippen molar-refractivity contribution >= 4 is 33.5 Å². The smallest absolute Gasteiger partial charge is 0.322 e. The molecular formula is C22H25N3O5S2. The highest BCUT2D eigenvalue weighted by atomic mass is 32.2. The minimum absolute atomic E-state index is 0.0232. The maximum atomic E-state index is 12.4. The number of sulfone groups is 1. The third-order valence-corrected chi connectivity index (χ3v) is 7.83. The fourth-order valence-electron chi connectivity index (χ4n) is 2.75. The molecule has 1 amide bonds. The monoisotopic (exact) mass is 475 g/mol. The summed E-state index contributed by atoms with van der Waals surface area (Å²) in [5, 5.41) is 9.80. The molecule has 3 rings (SSSR count). The molecule has 3 aromatic rings. The number of methoxy groups -OCH3 is 1. The van der Waals surface area contributed by atoms with E-state index < -0.39 is 15.1 Å². The number of nitrogens with zero attached hydrogens (tertiary/aromatic N) is 2. The van der Waals surface area contributed by atoms with Crippen molar-refractivity contribution in [3.8, 4) is 17.2 Å². The molecule has 8 nitrogen and oxygen atoms in total. The van der Waals surface area contributed by atoms with Crippen molar-refractivity contribution in [2.24, 2.45) is 0 Å². The summed E-state index contributed by atoms with van der Waals surface area (Å²) in [5.41, 5.74) is 0.468. The first-order chi connectivity index (χ1) is 15.3. The molecule has 0 radical (unpaired) electrons. The van der Waals surface area contributed by atoms with Crippen LogP contribution in [0.25, 0.3) is 11.5 Å². The molecule has 1 heterocycles. The molecule has 0 bridgehead atoms. The summed E-state index contributed by atoms with van der Waals surface area (Å²) in [6.07, 6.45) is 0.988. The van der Waals surface area contributed by atoms with E-state index in [9.17, 15) is 13.2 Å². The molecule has 0 aliphatic carbocycles. The van der Waals surface area contributed by atoms with E-state index in [1.807, 2.05) is 24.3 Å². The zero-order chi connectivity index (χ0) is 23.1. The molecule has 0 saturated heterocycles.